The van der Waals surface area contributed by atoms with Crippen LogP contribution in [0, 0.1) is 5.92 Å². The van der Waals surface area contributed by atoms with E-state index in [-0.39, 0.29) is 5.91 Å². The van der Waals surface area contributed by atoms with Crippen LogP contribution in [0.25, 0.3) is 0 Å². The Labute approximate surface area is 142 Å². The molecule has 0 radical (unpaired) electrons. The van der Waals surface area contributed by atoms with Crippen molar-refractivity contribution in [3.8, 4) is 5.75 Å². The van der Waals surface area contributed by atoms with Crippen molar-refractivity contribution in [2.45, 2.75) is 20.3 Å². The number of carbonyl (C=O) groups is 1. The highest BCUT2D eigenvalue weighted by Crippen LogP contribution is 2.17. The molecule has 128 valence electrons. The van der Waals surface area contributed by atoms with Crippen molar-refractivity contribution in [3.05, 3.63) is 47.7 Å². The number of benzene rings is 1. The number of carbonyl (C=O) groups excluding carboxylic acids is 1. The number of hydrogen-bond donors (Lipinski definition) is 2. The summed E-state index contributed by atoms with van der Waals surface area (Å²) >= 11 is 0. The number of amides is 1. The lowest BCUT2D eigenvalue weighted by Crippen LogP contribution is -2.28. The Hall–Kier alpha value is -2.63. The van der Waals surface area contributed by atoms with Gasteiger partial charge in [-0.2, -0.15) is 0 Å². The molecule has 1 aromatic carbocycles. The first-order valence-corrected chi connectivity index (χ1v) is 8.08. The Bertz CT molecular complexity index is 656. The number of hydrogen-bond acceptors (Lipinski definition) is 5. The molecule has 0 fully saturated rings. The normalized spacial score (nSPS) is 10.5. The Morgan fingerprint density at radius 2 is 1.96 bits per heavy atom. The van der Waals surface area contributed by atoms with E-state index >= 15 is 0 Å². The first-order chi connectivity index (χ1) is 11.6. The van der Waals surface area contributed by atoms with E-state index in [1.165, 1.54) is 0 Å². The van der Waals surface area contributed by atoms with E-state index in [1.807, 2.05) is 38.1 Å². The molecule has 2 rings (SSSR count). The number of methoxy groups -OCH3 is 1. The van der Waals surface area contributed by atoms with Gasteiger partial charge in [-0.1, -0.05) is 32.0 Å². The molecule has 1 aromatic heterocycles. The summed E-state index contributed by atoms with van der Waals surface area (Å²) in [5.41, 5.74) is 1.45. The van der Waals surface area contributed by atoms with Gasteiger partial charge in [0.2, 0.25) is 0 Å². The maximum absolute atomic E-state index is 11.9. The second-order valence-corrected chi connectivity index (χ2v) is 5.90. The second-order valence-electron chi connectivity index (χ2n) is 5.90. The highest BCUT2D eigenvalue weighted by atomic mass is 16.5. The van der Waals surface area contributed by atoms with Crippen LogP contribution in [0.1, 0.15) is 29.9 Å². The summed E-state index contributed by atoms with van der Waals surface area (Å²) in [6, 6.07) is 11.4. The van der Waals surface area contributed by atoms with Gasteiger partial charge >= 0.3 is 0 Å². The molecule has 0 atom stereocenters. The minimum absolute atomic E-state index is 0.197. The van der Waals surface area contributed by atoms with Gasteiger partial charge in [0, 0.05) is 13.1 Å². The zero-order valence-corrected chi connectivity index (χ0v) is 14.4. The van der Waals surface area contributed by atoms with Crippen LogP contribution in [0.4, 0.5) is 5.82 Å². The third-order valence-corrected chi connectivity index (χ3v) is 3.46. The third-order valence-electron chi connectivity index (χ3n) is 3.46. The molecule has 0 aliphatic heterocycles. The summed E-state index contributed by atoms with van der Waals surface area (Å²) < 4.78 is 5.33. The Morgan fingerprint density at radius 1 is 1.17 bits per heavy atom. The Kier molecular flexibility index (Phi) is 6.54. The maximum atomic E-state index is 11.9. The highest BCUT2D eigenvalue weighted by Gasteiger charge is 2.08. The molecule has 6 nitrogen and oxygen atoms in total. The molecule has 6 heteroatoms. The van der Waals surface area contributed by atoms with Crippen molar-refractivity contribution in [1.29, 1.82) is 0 Å². The van der Waals surface area contributed by atoms with Gasteiger partial charge in [0.15, 0.2) is 5.69 Å². The number of para-hydroxylation sites is 1. The van der Waals surface area contributed by atoms with E-state index in [2.05, 4.69) is 20.8 Å². The Balaban J connectivity index is 1.84. The topological polar surface area (TPSA) is 76.1 Å². The molecular formula is C18H24N4O2. The average Bonchev–Trinajstić information content (AvgIpc) is 2.60. The minimum atomic E-state index is -0.197. The number of nitrogens with zero attached hydrogens (tertiary/aromatic N) is 2. The lowest BCUT2D eigenvalue weighted by Gasteiger charge is -2.09. The van der Waals surface area contributed by atoms with Crippen LogP contribution in [0.2, 0.25) is 0 Å². The molecule has 0 unspecified atom stereocenters. The van der Waals surface area contributed by atoms with E-state index < -0.39 is 0 Å². The van der Waals surface area contributed by atoms with Crippen molar-refractivity contribution in [2.75, 3.05) is 25.5 Å². The van der Waals surface area contributed by atoms with Gasteiger partial charge in [-0.3, -0.25) is 4.79 Å². The minimum Gasteiger partial charge on any atom is -0.496 e. The van der Waals surface area contributed by atoms with E-state index in [0.29, 0.717) is 30.5 Å². The lowest BCUT2D eigenvalue weighted by atomic mass is 10.1. The predicted molar refractivity (Wildman–Crippen MR) is 94.4 cm³/mol. The van der Waals surface area contributed by atoms with Crippen molar-refractivity contribution >= 4 is 11.7 Å². The summed E-state index contributed by atoms with van der Waals surface area (Å²) in [5, 5.41) is 14.0. The predicted octanol–water partition coefficient (Wildman–Crippen LogP) is 2.53. The smallest absolute Gasteiger partial charge is 0.271 e. The zero-order chi connectivity index (χ0) is 17.4. The third kappa shape index (κ3) is 5.22. The van der Waals surface area contributed by atoms with E-state index in [1.54, 1.807) is 19.2 Å². The fourth-order valence-corrected chi connectivity index (χ4v) is 2.17. The summed E-state index contributed by atoms with van der Waals surface area (Å²) in [4.78, 5) is 11.9. The van der Waals surface area contributed by atoms with Crippen LogP contribution in [0.3, 0.4) is 0 Å². The molecule has 1 heterocycles. The van der Waals surface area contributed by atoms with Gasteiger partial charge in [0.1, 0.15) is 11.6 Å². The van der Waals surface area contributed by atoms with Crippen molar-refractivity contribution in [2.24, 2.45) is 5.92 Å². The Morgan fingerprint density at radius 3 is 2.62 bits per heavy atom. The SMILES string of the molecule is COc1ccccc1CCNc1ccc(C(=O)NCC(C)C)nn1. The molecule has 0 aliphatic rings. The summed E-state index contributed by atoms with van der Waals surface area (Å²) in [6.45, 7) is 5.41. The molecule has 0 bridgehead atoms. The fraction of sp³-hybridized carbons (Fsp3) is 0.389. The van der Waals surface area contributed by atoms with Gasteiger partial charge in [0.05, 0.1) is 7.11 Å². The van der Waals surface area contributed by atoms with Gasteiger partial charge in [-0.05, 0) is 36.1 Å². The molecule has 0 saturated carbocycles. The van der Waals surface area contributed by atoms with Crippen LogP contribution in [0.5, 0.6) is 5.75 Å². The lowest BCUT2D eigenvalue weighted by molar-refractivity contribution is 0.0943. The quantitative estimate of drug-likeness (QED) is 0.779. The van der Waals surface area contributed by atoms with E-state index in [0.717, 1.165) is 17.7 Å². The largest absolute Gasteiger partial charge is 0.496 e. The number of rotatable bonds is 8. The maximum Gasteiger partial charge on any atom is 0.271 e. The molecule has 24 heavy (non-hydrogen) atoms. The standard InChI is InChI=1S/C18H24N4O2/c1-13(2)12-20-18(23)15-8-9-17(22-21-15)19-11-10-14-6-4-5-7-16(14)24-3/h4-9,13H,10-12H2,1-3H3,(H,19,22)(H,20,23). The van der Waals surface area contributed by atoms with Crippen LogP contribution >= 0.6 is 0 Å². The first kappa shape index (κ1) is 17.7. The van der Waals surface area contributed by atoms with Gasteiger partial charge in [-0.15, -0.1) is 10.2 Å². The van der Waals surface area contributed by atoms with Crippen LogP contribution in [-0.2, 0) is 6.42 Å². The van der Waals surface area contributed by atoms with Gasteiger partial charge < -0.3 is 15.4 Å². The molecular weight excluding hydrogens is 304 g/mol. The van der Waals surface area contributed by atoms with Gasteiger partial charge in [0.25, 0.3) is 5.91 Å². The monoisotopic (exact) mass is 328 g/mol. The second kappa shape index (κ2) is 8.86. The van der Waals surface area contributed by atoms with Gasteiger partial charge in [-0.25, -0.2) is 0 Å². The van der Waals surface area contributed by atoms with Crippen LogP contribution < -0.4 is 15.4 Å². The summed E-state index contributed by atoms with van der Waals surface area (Å²) in [5.74, 6) is 1.72. The van der Waals surface area contributed by atoms with Crippen LogP contribution in [-0.4, -0.2) is 36.3 Å². The van der Waals surface area contributed by atoms with E-state index in [9.17, 15) is 4.79 Å². The molecule has 1 amide bonds. The molecule has 2 N–H and O–H groups in total. The molecule has 2 aromatic rings. The average molecular weight is 328 g/mol. The molecule has 0 aliphatic carbocycles. The number of anilines is 1. The van der Waals surface area contributed by atoms with Crippen LogP contribution in [0.15, 0.2) is 36.4 Å². The first-order valence-electron chi connectivity index (χ1n) is 8.08. The van der Waals surface area contributed by atoms with Crippen molar-refractivity contribution in [3.63, 3.8) is 0 Å². The summed E-state index contributed by atoms with van der Waals surface area (Å²) in [7, 11) is 1.67. The van der Waals surface area contributed by atoms with E-state index in [4.69, 9.17) is 4.74 Å². The number of ether oxygens (including phenoxy) is 1. The molecule has 0 saturated heterocycles. The number of aromatic nitrogens is 2. The van der Waals surface area contributed by atoms with Crippen molar-refractivity contribution < 1.29 is 9.53 Å². The highest BCUT2D eigenvalue weighted by molar-refractivity contribution is 5.92. The number of nitrogens with one attached hydrogen (secondary N) is 2. The zero-order valence-electron chi connectivity index (χ0n) is 14.4. The molecule has 0 spiro atoms. The fourth-order valence-electron chi connectivity index (χ4n) is 2.17. The summed E-state index contributed by atoms with van der Waals surface area (Å²) in [6.07, 6.45) is 0.808. The van der Waals surface area contributed by atoms with Crippen molar-refractivity contribution in [1.82, 2.24) is 15.5 Å².